The topological polar surface area (TPSA) is 24.5 Å². The van der Waals surface area contributed by atoms with Gasteiger partial charge >= 0.3 is 0 Å². The Hall–Kier alpha value is -0.120. The zero-order chi connectivity index (χ0) is 10.7. The maximum Gasteiger partial charge on any atom is 0.0700 e. The number of ether oxygens (including phenoxy) is 1. The molecule has 3 nitrogen and oxygen atoms in total. The first kappa shape index (κ1) is 11.4. The van der Waals surface area contributed by atoms with Crippen LogP contribution in [-0.4, -0.2) is 49.8 Å². The van der Waals surface area contributed by atoms with Gasteiger partial charge in [0, 0.05) is 31.8 Å². The predicted molar refractivity (Wildman–Crippen MR) is 62.1 cm³/mol. The minimum Gasteiger partial charge on any atom is -0.377 e. The number of hydrogen-bond donors (Lipinski definition) is 1. The number of nitrogens with one attached hydrogen (secondary N) is 1. The number of likely N-dealkylation sites (N-methyl/N-ethyl adjacent to an activating group) is 1. The fourth-order valence-electron chi connectivity index (χ4n) is 2.24. The molecule has 0 aromatic heterocycles. The zero-order valence-electron chi connectivity index (χ0n) is 10.0. The van der Waals surface area contributed by atoms with E-state index in [1.165, 1.54) is 25.7 Å². The molecule has 1 saturated heterocycles. The van der Waals surface area contributed by atoms with Crippen molar-refractivity contribution in [3.63, 3.8) is 0 Å². The summed E-state index contributed by atoms with van der Waals surface area (Å²) in [6, 6.07) is 1.52. The lowest BCUT2D eigenvalue weighted by Gasteiger charge is -2.25. The molecule has 0 aromatic carbocycles. The second-order valence-electron chi connectivity index (χ2n) is 5.04. The lowest BCUT2D eigenvalue weighted by molar-refractivity contribution is 0.108. The Kier molecular flexibility index (Phi) is 4.00. The van der Waals surface area contributed by atoms with Crippen LogP contribution in [0.25, 0.3) is 0 Å². The number of hydrogen-bond acceptors (Lipinski definition) is 3. The molecule has 1 N–H and O–H groups in total. The third kappa shape index (κ3) is 3.44. The largest absolute Gasteiger partial charge is 0.377 e. The van der Waals surface area contributed by atoms with Gasteiger partial charge in [0.2, 0.25) is 0 Å². The summed E-state index contributed by atoms with van der Waals surface area (Å²) in [5.74, 6) is 0. The maximum absolute atomic E-state index is 5.58. The van der Waals surface area contributed by atoms with E-state index in [0.29, 0.717) is 12.1 Å². The summed E-state index contributed by atoms with van der Waals surface area (Å²) in [5, 5.41) is 3.52. The molecule has 1 aliphatic carbocycles. The van der Waals surface area contributed by atoms with Crippen molar-refractivity contribution in [2.75, 3.05) is 26.7 Å². The summed E-state index contributed by atoms with van der Waals surface area (Å²) < 4.78 is 5.58. The minimum absolute atomic E-state index is 0.475. The molecule has 1 aliphatic heterocycles. The molecular formula is C12H24N2O. The Morgan fingerprint density at radius 2 is 2.20 bits per heavy atom. The van der Waals surface area contributed by atoms with Crippen LogP contribution < -0.4 is 5.32 Å². The molecule has 2 rings (SSSR count). The second kappa shape index (κ2) is 5.28. The van der Waals surface area contributed by atoms with Crippen molar-refractivity contribution in [3.8, 4) is 0 Å². The van der Waals surface area contributed by atoms with E-state index < -0.39 is 0 Å². The molecule has 3 heteroatoms. The molecule has 0 aromatic rings. The van der Waals surface area contributed by atoms with Gasteiger partial charge in [-0.3, -0.25) is 4.90 Å². The van der Waals surface area contributed by atoms with E-state index in [9.17, 15) is 0 Å². The fourth-order valence-corrected chi connectivity index (χ4v) is 2.24. The molecule has 1 heterocycles. The Bertz CT molecular complexity index is 188. The molecule has 2 fully saturated rings. The monoisotopic (exact) mass is 212 g/mol. The maximum atomic E-state index is 5.58. The van der Waals surface area contributed by atoms with Crippen molar-refractivity contribution in [2.45, 2.75) is 50.8 Å². The van der Waals surface area contributed by atoms with E-state index in [2.05, 4.69) is 24.2 Å². The normalized spacial score (nSPS) is 28.6. The molecule has 88 valence electrons. The highest BCUT2D eigenvalue weighted by Crippen LogP contribution is 2.26. The molecule has 2 aliphatic rings. The van der Waals surface area contributed by atoms with Crippen molar-refractivity contribution < 1.29 is 4.74 Å². The summed E-state index contributed by atoms with van der Waals surface area (Å²) in [4.78, 5) is 2.50. The van der Waals surface area contributed by atoms with E-state index in [4.69, 9.17) is 4.74 Å². The van der Waals surface area contributed by atoms with Crippen LogP contribution in [0, 0.1) is 0 Å². The summed E-state index contributed by atoms with van der Waals surface area (Å²) in [5.41, 5.74) is 0. The molecule has 2 atom stereocenters. The van der Waals surface area contributed by atoms with Crippen molar-refractivity contribution in [3.05, 3.63) is 0 Å². The van der Waals surface area contributed by atoms with E-state index in [1.54, 1.807) is 0 Å². The predicted octanol–water partition coefficient (Wildman–Crippen LogP) is 1.24. The first-order valence-corrected chi connectivity index (χ1v) is 6.31. The summed E-state index contributed by atoms with van der Waals surface area (Å²) in [6.45, 7) is 5.39. The van der Waals surface area contributed by atoms with E-state index in [0.717, 1.165) is 25.7 Å². The quantitative estimate of drug-likeness (QED) is 0.717. The molecule has 0 radical (unpaired) electrons. The van der Waals surface area contributed by atoms with Crippen molar-refractivity contribution in [2.24, 2.45) is 0 Å². The van der Waals surface area contributed by atoms with Gasteiger partial charge in [-0.2, -0.15) is 0 Å². The van der Waals surface area contributed by atoms with Gasteiger partial charge in [0.15, 0.2) is 0 Å². The van der Waals surface area contributed by atoms with E-state index in [1.807, 2.05) is 0 Å². The highest BCUT2D eigenvalue weighted by atomic mass is 16.5. The van der Waals surface area contributed by atoms with Crippen LogP contribution in [0.3, 0.4) is 0 Å². The summed E-state index contributed by atoms with van der Waals surface area (Å²) in [6.07, 6.45) is 5.74. The summed E-state index contributed by atoms with van der Waals surface area (Å²) >= 11 is 0. The smallest absolute Gasteiger partial charge is 0.0700 e. The second-order valence-corrected chi connectivity index (χ2v) is 5.04. The van der Waals surface area contributed by atoms with Gasteiger partial charge in [-0.05, 0) is 39.7 Å². The van der Waals surface area contributed by atoms with Crippen LogP contribution in [0.5, 0.6) is 0 Å². The standard InChI is InChI=1S/C12H24N2O/c1-10(14(2)11-5-6-11)8-13-9-12-4-3-7-15-12/h10-13H,3-9H2,1-2H3. The van der Waals surface area contributed by atoms with E-state index in [-0.39, 0.29) is 0 Å². The Balaban J connectivity index is 1.55. The van der Waals surface area contributed by atoms with Crippen LogP contribution in [-0.2, 0) is 4.74 Å². The van der Waals surface area contributed by atoms with Gasteiger partial charge in [0.05, 0.1) is 6.10 Å². The molecule has 1 saturated carbocycles. The van der Waals surface area contributed by atoms with Gasteiger partial charge < -0.3 is 10.1 Å². The van der Waals surface area contributed by atoms with Crippen LogP contribution in [0.2, 0.25) is 0 Å². The lowest BCUT2D eigenvalue weighted by Crippen LogP contribution is -2.41. The highest BCUT2D eigenvalue weighted by Gasteiger charge is 2.28. The van der Waals surface area contributed by atoms with Gasteiger partial charge in [-0.25, -0.2) is 0 Å². The van der Waals surface area contributed by atoms with Crippen molar-refractivity contribution >= 4 is 0 Å². The third-order valence-corrected chi connectivity index (χ3v) is 3.65. The average molecular weight is 212 g/mol. The van der Waals surface area contributed by atoms with Gasteiger partial charge in [-0.15, -0.1) is 0 Å². The number of nitrogens with zero attached hydrogens (tertiary/aromatic N) is 1. The molecule has 2 unspecified atom stereocenters. The summed E-state index contributed by atoms with van der Waals surface area (Å²) in [7, 11) is 2.25. The van der Waals surface area contributed by atoms with E-state index >= 15 is 0 Å². The Morgan fingerprint density at radius 1 is 1.40 bits per heavy atom. The number of rotatable bonds is 6. The van der Waals surface area contributed by atoms with Crippen molar-refractivity contribution in [1.82, 2.24) is 10.2 Å². The zero-order valence-corrected chi connectivity index (χ0v) is 10.0. The minimum atomic E-state index is 0.475. The van der Waals surface area contributed by atoms with Crippen LogP contribution in [0.4, 0.5) is 0 Å². The first-order chi connectivity index (χ1) is 7.27. The lowest BCUT2D eigenvalue weighted by atomic mass is 10.2. The van der Waals surface area contributed by atoms with Crippen LogP contribution in [0.1, 0.15) is 32.6 Å². The van der Waals surface area contributed by atoms with Gasteiger partial charge in [0.25, 0.3) is 0 Å². The SMILES string of the molecule is CC(CNCC1CCCO1)N(C)C1CC1. The molecule has 0 amide bonds. The third-order valence-electron chi connectivity index (χ3n) is 3.65. The van der Waals surface area contributed by atoms with Crippen LogP contribution >= 0.6 is 0 Å². The average Bonchev–Trinajstić information content (AvgIpc) is 2.96. The molecular weight excluding hydrogens is 188 g/mol. The first-order valence-electron chi connectivity index (χ1n) is 6.31. The molecule has 0 spiro atoms. The molecule has 0 bridgehead atoms. The Morgan fingerprint density at radius 3 is 2.80 bits per heavy atom. The fraction of sp³-hybridized carbons (Fsp3) is 1.00. The Labute approximate surface area is 93.2 Å². The van der Waals surface area contributed by atoms with Crippen LogP contribution in [0.15, 0.2) is 0 Å². The van der Waals surface area contributed by atoms with Gasteiger partial charge in [-0.1, -0.05) is 0 Å². The molecule has 15 heavy (non-hydrogen) atoms. The van der Waals surface area contributed by atoms with Gasteiger partial charge in [0.1, 0.15) is 0 Å². The van der Waals surface area contributed by atoms with Crippen molar-refractivity contribution in [1.29, 1.82) is 0 Å². The highest BCUT2D eigenvalue weighted by molar-refractivity contribution is 4.86.